The Labute approximate surface area is 151 Å². The Hall–Kier alpha value is -1.92. The second-order valence-corrected chi connectivity index (χ2v) is 8.28. The normalized spacial score (nSPS) is 23.1. The van der Waals surface area contributed by atoms with Gasteiger partial charge in [0.05, 0.1) is 13.1 Å². The van der Waals surface area contributed by atoms with E-state index in [4.69, 9.17) is 0 Å². The van der Waals surface area contributed by atoms with E-state index in [-0.39, 0.29) is 18.4 Å². The van der Waals surface area contributed by atoms with E-state index in [0.29, 0.717) is 31.6 Å². The summed E-state index contributed by atoms with van der Waals surface area (Å²) in [6, 6.07) is 11.0. The molecular formula is C19H23N3O2S. The number of amides is 2. The molecule has 1 aromatic carbocycles. The summed E-state index contributed by atoms with van der Waals surface area (Å²) in [5.74, 6) is 0.104. The fourth-order valence-corrected chi connectivity index (χ4v) is 4.91. The summed E-state index contributed by atoms with van der Waals surface area (Å²) in [6.07, 6.45) is 2.69. The van der Waals surface area contributed by atoms with E-state index in [0.717, 1.165) is 12.8 Å². The van der Waals surface area contributed by atoms with Crippen molar-refractivity contribution in [1.29, 1.82) is 0 Å². The molecule has 4 rings (SSSR count). The van der Waals surface area contributed by atoms with E-state index in [1.165, 1.54) is 15.0 Å². The van der Waals surface area contributed by atoms with Crippen LogP contribution >= 0.6 is 11.3 Å². The van der Waals surface area contributed by atoms with Crippen LogP contribution in [0.1, 0.15) is 24.1 Å². The van der Waals surface area contributed by atoms with Crippen LogP contribution in [-0.2, 0) is 16.1 Å². The van der Waals surface area contributed by atoms with Crippen molar-refractivity contribution in [3.05, 3.63) is 35.2 Å². The summed E-state index contributed by atoms with van der Waals surface area (Å²) in [5, 5.41) is 4.70. The van der Waals surface area contributed by atoms with Crippen LogP contribution in [0.5, 0.6) is 0 Å². The van der Waals surface area contributed by atoms with E-state index in [2.05, 4.69) is 23.5 Å². The number of fused-ring (bicyclic) bond motifs is 3. The Balaban J connectivity index is 1.39. The Morgan fingerprint density at radius 3 is 2.96 bits per heavy atom. The van der Waals surface area contributed by atoms with Gasteiger partial charge in [-0.2, -0.15) is 0 Å². The molecule has 0 spiro atoms. The summed E-state index contributed by atoms with van der Waals surface area (Å²) in [7, 11) is 1.82. The van der Waals surface area contributed by atoms with Crippen molar-refractivity contribution in [1.82, 2.24) is 15.1 Å². The lowest BCUT2D eigenvalue weighted by Crippen LogP contribution is -2.44. The average Bonchev–Trinajstić information content (AvgIpc) is 3.15. The second kappa shape index (κ2) is 6.77. The average molecular weight is 357 g/mol. The molecule has 1 N–H and O–H groups in total. The molecule has 2 aliphatic rings. The maximum absolute atomic E-state index is 12.6. The number of thiophene rings is 1. The molecule has 0 radical (unpaired) electrons. The van der Waals surface area contributed by atoms with Crippen molar-refractivity contribution in [2.45, 2.75) is 37.9 Å². The van der Waals surface area contributed by atoms with Crippen molar-refractivity contribution >= 4 is 33.2 Å². The third-order valence-corrected chi connectivity index (χ3v) is 6.27. The van der Waals surface area contributed by atoms with Crippen molar-refractivity contribution in [3.8, 4) is 0 Å². The number of carbonyl (C=O) groups excluding carboxylic acids is 2. The first-order chi connectivity index (χ1) is 12.1. The van der Waals surface area contributed by atoms with Crippen LogP contribution in [-0.4, -0.2) is 53.8 Å². The highest BCUT2D eigenvalue weighted by atomic mass is 32.1. The molecule has 3 heterocycles. The first-order valence-electron chi connectivity index (χ1n) is 8.84. The molecule has 0 saturated carbocycles. The van der Waals surface area contributed by atoms with Crippen LogP contribution in [0.3, 0.4) is 0 Å². The zero-order chi connectivity index (χ0) is 17.4. The molecule has 25 heavy (non-hydrogen) atoms. The monoisotopic (exact) mass is 357 g/mol. The van der Waals surface area contributed by atoms with E-state index in [9.17, 15) is 9.59 Å². The molecule has 0 unspecified atom stereocenters. The number of rotatable bonds is 4. The molecular weight excluding hydrogens is 334 g/mol. The predicted octanol–water partition coefficient (Wildman–Crippen LogP) is 2.21. The van der Waals surface area contributed by atoms with Gasteiger partial charge in [-0.3, -0.25) is 9.59 Å². The van der Waals surface area contributed by atoms with Gasteiger partial charge in [0, 0.05) is 41.7 Å². The highest BCUT2D eigenvalue weighted by molar-refractivity contribution is 7.19. The van der Waals surface area contributed by atoms with Gasteiger partial charge in [0.25, 0.3) is 0 Å². The first-order valence-corrected chi connectivity index (χ1v) is 9.65. The number of benzene rings is 1. The van der Waals surface area contributed by atoms with E-state index in [1.807, 2.05) is 19.2 Å². The molecule has 2 atom stereocenters. The minimum atomic E-state index is 0.00331. The molecule has 2 saturated heterocycles. The summed E-state index contributed by atoms with van der Waals surface area (Å²) in [4.78, 5) is 29.6. The molecule has 132 valence electrons. The lowest BCUT2D eigenvalue weighted by molar-refractivity contribution is -0.140. The van der Waals surface area contributed by atoms with E-state index in [1.54, 1.807) is 21.1 Å². The summed E-state index contributed by atoms with van der Waals surface area (Å²) in [6.45, 7) is 1.42. The van der Waals surface area contributed by atoms with Gasteiger partial charge in [0.2, 0.25) is 11.8 Å². The minimum absolute atomic E-state index is 0.00331. The first kappa shape index (κ1) is 16.5. The highest BCUT2D eigenvalue weighted by Crippen LogP contribution is 2.26. The number of carbonyl (C=O) groups is 2. The fourth-order valence-electron chi connectivity index (χ4n) is 3.79. The molecule has 2 aliphatic heterocycles. The topological polar surface area (TPSA) is 52.7 Å². The molecule has 2 fully saturated rings. The van der Waals surface area contributed by atoms with Gasteiger partial charge >= 0.3 is 0 Å². The summed E-state index contributed by atoms with van der Waals surface area (Å²) >= 11 is 1.72. The van der Waals surface area contributed by atoms with Crippen LogP contribution in [0.4, 0.5) is 0 Å². The largest absolute Gasteiger partial charge is 0.339 e. The van der Waals surface area contributed by atoms with Gasteiger partial charge in [-0.15, -0.1) is 11.3 Å². The number of nitrogens with one attached hydrogen (secondary N) is 1. The molecule has 6 heteroatoms. The Morgan fingerprint density at radius 2 is 2.12 bits per heavy atom. The van der Waals surface area contributed by atoms with Gasteiger partial charge in [-0.05, 0) is 30.4 Å². The van der Waals surface area contributed by atoms with Crippen LogP contribution < -0.4 is 5.32 Å². The maximum Gasteiger partial charge on any atom is 0.242 e. The minimum Gasteiger partial charge on any atom is -0.339 e. The van der Waals surface area contributed by atoms with Crippen LogP contribution in [0, 0.1) is 0 Å². The summed E-state index contributed by atoms with van der Waals surface area (Å²) in [5.41, 5.74) is 0. The van der Waals surface area contributed by atoms with Gasteiger partial charge in [0.15, 0.2) is 0 Å². The molecule has 0 aliphatic carbocycles. The van der Waals surface area contributed by atoms with Crippen molar-refractivity contribution in [2.24, 2.45) is 0 Å². The maximum atomic E-state index is 12.6. The SMILES string of the molecule is CN(Cc1cc2ccccc2s1)C(=O)CN1C[C@@H]2CC[C@H](CC1=O)N2. The molecule has 1 aromatic heterocycles. The quantitative estimate of drug-likeness (QED) is 0.913. The zero-order valence-electron chi connectivity index (χ0n) is 14.4. The predicted molar refractivity (Wildman–Crippen MR) is 99.4 cm³/mol. The number of likely N-dealkylation sites (tertiary alicyclic amines) is 1. The fraction of sp³-hybridized carbons (Fsp3) is 0.474. The van der Waals surface area contributed by atoms with Crippen molar-refractivity contribution in [2.75, 3.05) is 20.1 Å². The third-order valence-electron chi connectivity index (χ3n) is 5.17. The second-order valence-electron chi connectivity index (χ2n) is 7.12. The zero-order valence-corrected chi connectivity index (χ0v) is 15.2. The molecule has 2 bridgehead atoms. The van der Waals surface area contributed by atoms with Gasteiger partial charge < -0.3 is 15.1 Å². The van der Waals surface area contributed by atoms with Gasteiger partial charge in [-0.25, -0.2) is 0 Å². The van der Waals surface area contributed by atoms with Crippen LogP contribution in [0.25, 0.3) is 10.1 Å². The van der Waals surface area contributed by atoms with Gasteiger partial charge in [0.1, 0.15) is 0 Å². The lowest BCUT2D eigenvalue weighted by atomic mass is 10.1. The Bertz CT molecular complexity index is 770. The molecule has 2 amide bonds. The standard InChI is InChI=1S/C19H23N3O2S/c1-21(11-16-8-13-4-2-3-5-17(13)25-16)19(24)12-22-10-15-7-6-14(20-15)9-18(22)23/h2-5,8,14-15,20H,6-7,9-12H2,1H3/t14-,15+/m1/s1. The smallest absolute Gasteiger partial charge is 0.242 e. The Morgan fingerprint density at radius 1 is 1.32 bits per heavy atom. The van der Waals surface area contributed by atoms with Crippen LogP contribution in [0.15, 0.2) is 30.3 Å². The van der Waals surface area contributed by atoms with E-state index >= 15 is 0 Å². The number of hydrogen-bond donors (Lipinski definition) is 1. The number of likely N-dealkylation sites (N-methyl/N-ethyl adjacent to an activating group) is 1. The summed E-state index contributed by atoms with van der Waals surface area (Å²) < 4.78 is 1.24. The Kier molecular flexibility index (Phi) is 4.48. The molecule has 5 nitrogen and oxygen atoms in total. The van der Waals surface area contributed by atoms with E-state index < -0.39 is 0 Å². The molecule has 2 aromatic rings. The third kappa shape index (κ3) is 3.55. The van der Waals surface area contributed by atoms with Crippen molar-refractivity contribution in [3.63, 3.8) is 0 Å². The van der Waals surface area contributed by atoms with Crippen molar-refractivity contribution < 1.29 is 9.59 Å². The number of nitrogens with zero attached hydrogens (tertiary/aromatic N) is 2. The lowest BCUT2D eigenvalue weighted by Gasteiger charge is -2.26. The van der Waals surface area contributed by atoms with Gasteiger partial charge in [-0.1, -0.05) is 18.2 Å². The highest BCUT2D eigenvalue weighted by Gasteiger charge is 2.34. The van der Waals surface area contributed by atoms with Crippen LogP contribution in [0.2, 0.25) is 0 Å². The number of hydrogen-bond acceptors (Lipinski definition) is 4.